The van der Waals surface area contributed by atoms with Crippen molar-refractivity contribution in [3.8, 4) is 10.9 Å². The first-order valence-electron chi connectivity index (χ1n) is 10.5. The quantitative estimate of drug-likeness (QED) is 0.487. The van der Waals surface area contributed by atoms with Crippen LogP contribution in [0.1, 0.15) is 18.6 Å². The number of nitrogens with zero attached hydrogens (tertiary/aromatic N) is 4. The first kappa shape index (κ1) is 19.5. The zero-order valence-electron chi connectivity index (χ0n) is 17.1. The summed E-state index contributed by atoms with van der Waals surface area (Å²) in [6, 6.07) is 12.3. The number of ether oxygens (including phenoxy) is 1. The average Bonchev–Trinajstić information content (AvgIpc) is 3.41. The van der Waals surface area contributed by atoms with Gasteiger partial charge in [-0.05, 0) is 49.2 Å². The van der Waals surface area contributed by atoms with E-state index in [9.17, 15) is 4.79 Å². The second kappa shape index (κ2) is 7.73. The number of pyridine rings is 1. The highest BCUT2D eigenvalue weighted by Gasteiger charge is 2.41. The molecule has 1 aromatic carbocycles. The fourth-order valence-corrected chi connectivity index (χ4v) is 5.50. The number of thiazole rings is 1. The number of nitrogens with two attached hydrogens (primary N) is 1. The van der Waals surface area contributed by atoms with E-state index in [4.69, 9.17) is 19.7 Å². The van der Waals surface area contributed by atoms with Crippen LogP contribution in [0, 0.1) is 0 Å². The number of carbonyl (C=O) groups excluding carboxylic acids is 1. The summed E-state index contributed by atoms with van der Waals surface area (Å²) in [4.78, 5) is 27.3. The highest BCUT2D eigenvalue weighted by molar-refractivity contribution is 7.20. The van der Waals surface area contributed by atoms with E-state index in [1.165, 1.54) is 11.3 Å². The number of hydroxylamine groups is 2. The molecule has 0 aliphatic carbocycles. The molecule has 9 nitrogen and oxygen atoms in total. The molecule has 164 valence electrons. The second-order valence-electron chi connectivity index (χ2n) is 8.13. The van der Waals surface area contributed by atoms with Gasteiger partial charge < -0.3 is 19.7 Å². The summed E-state index contributed by atoms with van der Waals surface area (Å²) in [5.41, 5.74) is 6.68. The average molecular weight is 452 g/mol. The van der Waals surface area contributed by atoms with Crippen molar-refractivity contribution in [2.45, 2.75) is 31.5 Å². The normalized spacial score (nSPS) is 21.4. The molecule has 2 atom stereocenters. The van der Waals surface area contributed by atoms with Crippen LogP contribution in [-0.4, -0.2) is 51.2 Å². The van der Waals surface area contributed by atoms with Crippen molar-refractivity contribution < 1.29 is 18.8 Å². The Morgan fingerprint density at radius 3 is 2.84 bits per heavy atom. The highest BCUT2D eigenvalue weighted by Crippen LogP contribution is 2.35. The van der Waals surface area contributed by atoms with E-state index in [0.717, 1.165) is 34.3 Å². The third kappa shape index (κ3) is 3.66. The second-order valence-corrected chi connectivity index (χ2v) is 9.13. The molecule has 3 aromatic heterocycles. The third-order valence-electron chi connectivity index (χ3n) is 6.05. The van der Waals surface area contributed by atoms with Crippen molar-refractivity contribution in [3.63, 3.8) is 0 Å². The van der Waals surface area contributed by atoms with E-state index in [2.05, 4.69) is 20.9 Å². The molecule has 2 aliphatic heterocycles. The van der Waals surface area contributed by atoms with Gasteiger partial charge in [-0.25, -0.2) is 9.78 Å². The van der Waals surface area contributed by atoms with Gasteiger partial charge in [-0.2, -0.15) is 4.98 Å². The number of rotatable bonds is 5. The highest BCUT2D eigenvalue weighted by atomic mass is 32.1. The summed E-state index contributed by atoms with van der Waals surface area (Å²) in [5, 5.41) is 3.23. The van der Waals surface area contributed by atoms with E-state index >= 15 is 0 Å². The van der Waals surface area contributed by atoms with Crippen molar-refractivity contribution in [2.24, 2.45) is 5.73 Å². The van der Waals surface area contributed by atoms with Crippen LogP contribution in [0.3, 0.4) is 0 Å². The molecule has 0 radical (unpaired) electrons. The summed E-state index contributed by atoms with van der Waals surface area (Å²) in [5.74, 6) is 1.61. The molecular weight excluding hydrogens is 430 g/mol. The van der Waals surface area contributed by atoms with Gasteiger partial charge in [-0.1, -0.05) is 11.3 Å². The lowest BCUT2D eigenvalue weighted by Gasteiger charge is -2.38. The van der Waals surface area contributed by atoms with Crippen molar-refractivity contribution in [1.82, 2.24) is 19.9 Å². The van der Waals surface area contributed by atoms with Gasteiger partial charge in [-0.15, -0.1) is 5.06 Å². The maximum absolute atomic E-state index is 11.1. The number of benzene rings is 1. The van der Waals surface area contributed by atoms with Gasteiger partial charge in [0, 0.05) is 23.7 Å². The zero-order valence-corrected chi connectivity index (χ0v) is 18.0. The molecule has 2 aliphatic rings. The Balaban J connectivity index is 1.17. The fourth-order valence-electron chi connectivity index (χ4n) is 4.70. The van der Waals surface area contributed by atoms with E-state index < -0.39 is 6.09 Å². The van der Waals surface area contributed by atoms with E-state index in [1.807, 2.05) is 30.3 Å². The first-order valence-corrected chi connectivity index (χ1v) is 11.3. The number of fused-ring (bicyclic) bond motifs is 4. The minimum atomic E-state index is -0.754. The van der Waals surface area contributed by atoms with Crippen LogP contribution in [0.4, 0.5) is 4.79 Å². The molecule has 1 amide bonds. The van der Waals surface area contributed by atoms with Crippen molar-refractivity contribution >= 4 is 38.7 Å². The summed E-state index contributed by atoms with van der Waals surface area (Å²) in [6.45, 7) is 2.04. The molecule has 4 aromatic rings. The van der Waals surface area contributed by atoms with Crippen LogP contribution < -0.4 is 10.5 Å². The maximum atomic E-state index is 11.1. The van der Waals surface area contributed by atoms with Crippen LogP contribution in [0.15, 0.2) is 47.0 Å². The van der Waals surface area contributed by atoms with Crippen LogP contribution in [0.25, 0.3) is 21.3 Å². The van der Waals surface area contributed by atoms with E-state index in [-0.39, 0.29) is 0 Å². The molecule has 6 rings (SSSR count). The molecule has 2 fully saturated rings. The number of hydrogen-bond donors (Lipinski definition) is 1. The Kier molecular flexibility index (Phi) is 4.71. The number of aromatic nitrogens is 2. The monoisotopic (exact) mass is 451 g/mol. The summed E-state index contributed by atoms with van der Waals surface area (Å²) >= 11 is 1.47. The molecule has 5 heterocycles. The van der Waals surface area contributed by atoms with E-state index in [1.54, 1.807) is 11.3 Å². The molecule has 32 heavy (non-hydrogen) atoms. The van der Waals surface area contributed by atoms with Gasteiger partial charge in [0.05, 0.1) is 24.3 Å². The number of furan rings is 1. The minimum Gasteiger partial charge on any atom is -0.460 e. The van der Waals surface area contributed by atoms with Crippen molar-refractivity contribution in [2.75, 3.05) is 13.1 Å². The lowest BCUT2D eigenvalue weighted by molar-refractivity contribution is -0.140. The first-order chi connectivity index (χ1) is 15.6. The van der Waals surface area contributed by atoms with Crippen LogP contribution in [0.5, 0.6) is 10.9 Å². The third-order valence-corrected chi connectivity index (χ3v) is 6.93. The Bertz CT molecular complexity index is 1260. The summed E-state index contributed by atoms with van der Waals surface area (Å²) in [6.07, 6.45) is 3.11. The van der Waals surface area contributed by atoms with Crippen LogP contribution in [-0.2, 0) is 11.4 Å². The predicted molar refractivity (Wildman–Crippen MR) is 118 cm³/mol. The topological polar surface area (TPSA) is 107 Å². The fraction of sp³-hybridized carbons (Fsp3) is 0.318. The lowest BCUT2D eigenvalue weighted by Crippen LogP contribution is -2.53. The smallest absolute Gasteiger partial charge is 0.423 e. The summed E-state index contributed by atoms with van der Waals surface area (Å²) < 4.78 is 13.1. The molecule has 0 spiro atoms. The Morgan fingerprint density at radius 2 is 2.06 bits per heavy atom. The van der Waals surface area contributed by atoms with Gasteiger partial charge in [0.2, 0.25) is 0 Å². The predicted octanol–water partition coefficient (Wildman–Crippen LogP) is 3.89. The molecule has 0 saturated carbocycles. The molecule has 0 unspecified atom stereocenters. The Labute approximate surface area is 187 Å². The molecule has 10 heteroatoms. The Hall–Kier alpha value is -3.21. The van der Waals surface area contributed by atoms with E-state index in [0.29, 0.717) is 48.3 Å². The number of amides is 1. The molecule has 2 bridgehead atoms. The van der Waals surface area contributed by atoms with Gasteiger partial charge in [0.25, 0.3) is 5.19 Å². The van der Waals surface area contributed by atoms with Crippen LogP contribution in [0.2, 0.25) is 0 Å². The SMILES string of the molecule is NC(=O)ON1C[C@H]2CC[C@@H](C1)N2Cc1cc2cc(Oc3nc4ncccc4s3)ccc2o1. The number of piperazine rings is 1. The maximum Gasteiger partial charge on any atom is 0.423 e. The zero-order chi connectivity index (χ0) is 21.7. The number of primary amides is 1. The lowest BCUT2D eigenvalue weighted by atomic mass is 10.2. The van der Waals surface area contributed by atoms with Crippen molar-refractivity contribution in [1.29, 1.82) is 0 Å². The van der Waals surface area contributed by atoms with Gasteiger partial charge in [0.15, 0.2) is 5.65 Å². The van der Waals surface area contributed by atoms with Crippen molar-refractivity contribution in [3.05, 3.63) is 48.4 Å². The van der Waals surface area contributed by atoms with Crippen LogP contribution >= 0.6 is 11.3 Å². The van der Waals surface area contributed by atoms with Gasteiger partial charge in [0.1, 0.15) is 17.1 Å². The molecular formula is C22H21N5O4S. The largest absolute Gasteiger partial charge is 0.460 e. The minimum absolute atomic E-state index is 0.313. The molecule has 2 saturated heterocycles. The standard InChI is InChI=1S/C22H21N5O4S/c23-21(28)31-26-10-14-3-4-15(11-26)27(14)12-17-9-13-8-16(5-6-18(13)29-17)30-22-25-20-19(32-22)2-1-7-24-20/h1-2,5-9,14-15H,3-4,10-12H2,(H2,23,28)/t14-,15+. The Morgan fingerprint density at radius 1 is 1.22 bits per heavy atom. The summed E-state index contributed by atoms with van der Waals surface area (Å²) in [7, 11) is 0. The number of carbonyl (C=O) groups is 1. The van der Waals surface area contributed by atoms with Gasteiger partial charge >= 0.3 is 6.09 Å². The molecule has 2 N–H and O–H groups in total. The van der Waals surface area contributed by atoms with Gasteiger partial charge in [-0.3, -0.25) is 4.90 Å². The number of hydrogen-bond acceptors (Lipinski definition) is 9.